The number of anilines is 1. The van der Waals surface area contributed by atoms with Gasteiger partial charge in [0.25, 0.3) is 24.3 Å². The molecule has 1 aliphatic carbocycles. The fraction of sp³-hybridized carbons (Fsp3) is 0.368. The first-order valence-corrected chi connectivity index (χ1v) is 9.66. The van der Waals surface area contributed by atoms with Crippen LogP contribution in [0.3, 0.4) is 0 Å². The summed E-state index contributed by atoms with van der Waals surface area (Å²) in [5.74, 6) is -6.77. The number of nitrogens with two attached hydrogens (primary N) is 1. The number of benzene rings is 1. The van der Waals surface area contributed by atoms with Crippen molar-refractivity contribution >= 4 is 29.2 Å². The molecular formula is C19H15ClF5N5O2. The molecule has 0 radical (unpaired) electrons. The van der Waals surface area contributed by atoms with Gasteiger partial charge in [-0.05, 0) is 18.2 Å². The number of aliphatic imine (C=N–C) groups is 1. The Hall–Kier alpha value is -3.02. The van der Waals surface area contributed by atoms with Crippen LogP contribution in [0.25, 0.3) is 0 Å². The van der Waals surface area contributed by atoms with E-state index in [1.807, 2.05) is 0 Å². The van der Waals surface area contributed by atoms with Crippen molar-refractivity contribution in [2.45, 2.75) is 36.8 Å². The first-order valence-electron chi connectivity index (χ1n) is 9.29. The summed E-state index contributed by atoms with van der Waals surface area (Å²) in [6, 6.07) is 2.12. The van der Waals surface area contributed by atoms with Gasteiger partial charge in [-0.15, -0.1) is 0 Å². The largest absolute Gasteiger partial charge is 0.461 e. The second kappa shape index (κ2) is 7.84. The summed E-state index contributed by atoms with van der Waals surface area (Å²) in [5.41, 5.74) is 1.87. The Morgan fingerprint density at radius 1 is 1.25 bits per heavy atom. The van der Waals surface area contributed by atoms with Gasteiger partial charge in [-0.25, -0.2) is 36.9 Å². The number of fused-ring (bicyclic) bond motifs is 1. The molecule has 0 saturated heterocycles. The van der Waals surface area contributed by atoms with Crippen molar-refractivity contribution in [1.82, 2.24) is 9.97 Å². The summed E-state index contributed by atoms with van der Waals surface area (Å²) in [4.78, 5) is 23.5. The van der Waals surface area contributed by atoms with Crippen molar-refractivity contribution in [1.29, 1.82) is 0 Å². The van der Waals surface area contributed by atoms with Gasteiger partial charge in [-0.1, -0.05) is 11.6 Å². The highest BCUT2D eigenvalue weighted by molar-refractivity contribution is 6.29. The molecule has 4 rings (SSSR count). The number of aromatic nitrogens is 2. The molecule has 1 amide bonds. The quantitative estimate of drug-likeness (QED) is 0.656. The van der Waals surface area contributed by atoms with Crippen LogP contribution >= 0.6 is 11.6 Å². The number of amidine groups is 1. The molecule has 0 bridgehead atoms. The molecule has 2 aliphatic rings. The summed E-state index contributed by atoms with van der Waals surface area (Å²) in [6.45, 7) is 0. The third-order valence-corrected chi connectivity index (χ3v) is 5.64. The Morgan fingerprint density at radius 2 is 2.00 bits per heavy atom. The van der Waals surface area contributed by atoms with Crippen molar-refractivity contribution in [3.63, 3.8) is 0 Å². The van der Waals surface area contributed by atoms with Crippen LogP contribution < -0.4 is 11.1 Å². The van der Waals surface area contributed by atoms with E-state index in [0.717, 1.165) is 30.6 Å². The maximum atomic E-state index is 14.8. The first kappa shape index (κ1) is 22.2. The normalized spacial score (nSPS) is 26.3. The number of carbonyl (C=O) groups excluding carboxylic acids is 1. The first-order chi connectivity index (χ1) is 15.0. The van der Waals surface area contributed by atoms with E-state index in [9.17, 15) is 26.7 Å². The lowest BCUT2D eigenvalue weighted by Gasteiger charge is -2.41. The number of nitrogens with one attached hydrogen (secondary N) is 1. The highest BCUT2D eigenvalue weighted by Gasteiger charge is 2.63. The van der Waals surface area contributed by atoms with Gasteiger partial charge in [0, 0.05) is 30.0 Å². The van der Waals surface area contributed by atoms with E-state index in [-0.39, 0.29) is 16.5 Å². The molecule has 7 nitrogen and oxygen atoms in total. The van der Waals surface area contributed by atoms with Crippen molar-refractivity contribution < 1.29 is 31.5 Å². The molecule has 32 heavy (non-hydrogen) atoms. The van der Waals surface area contributed by atoms with E-state index in [4.69, 9.17) is 22.1 Å². The smallest absolute Gasteiger partial charge is 0.283 e. The highest BCUT2D eigenvalue weighted by Crippen LogP contribution is 2.55. The lowest BCUT2D eigenvalue weighted by molar-refractivity contribution is -0.0392. The third-order valence-electron chi connectivity index (χ3n) is 5.44. The summed E-state index contributed by atoms with van der Waals surface area (Å²) >= 11 is 5.62. The van der Waals surface area contributed by atoms with Gasteiger partial charge in [-0.2, -0.15) is 0 Å². The van der Waals surface area contributed by atoms with Crippen molar-refractivity contribution in [3.8, 4) is 0 Å². The van der Waals surface area contributed by atoms with Crippen molar-refractivity contribution in [3.05, 3.63) is 52.8 Å². The van der Waals surface area contributed by atoms with Gasteiger partial charge in [0.05, 0.1) is 12.4 Å². The summed E-state index contributed by atoms with van der Waals surface area (Å²) in [5, 5.41) is 2.42. The summed E-state index contributed by atoms with van der Waals surface area (Å²) < 4.78 is 76.9. The molecule has 3 atom stereocenters. The molecule has 170 valence electrons. The molecule has 2 unspecified atom stereocenters. The Bertz CT molecular complexity index is 1080. The van der Waals surface area contributed by atoms with Gasteiger partial charge in [0.2, 0.25) is 0 Å². The van der Waals surface area contributed by atoms with Gasteiger partial charge < -0.3 is 15.8 Å². The van der Waals surface area contributed by atoms with E-state index in [1.54, 1.807) is 0 Å². The fourth-order valence-electron chi connectivity index (χ4n) is 4.11. The van der Waals surface area contributed by atoms with Gasteiger partial charge in [0.15, 0.2) is 5.54 Å². The van der Waals surface area contributed by atoms with E-state index < -0.39 is 66.1 Å². The number of rotatable bonds is 4. The number of carbonyl (C=O) groups is 1. The van der Waals surface area contributed by atoms with Crippen LogP contribution in [0.5, 0.6) is 0 Å². The average molecular weight is 476 g/mol. The van der Waals surface area contributed by atoms with E-state index >= 15 is 0 Å². The van der Waals surface area contributed by atoms with E-state index in [0.29, 0.717) is 0 Å². The highest BCUT2D eigenvalue weighted by atomic mass is 35.5. The summed E-state index contributed by atoms with van der Waals surface area (Å²) in [7, 11) is 0. The minimum atomic E-state index is -3.39. The van der Waals surface area contributed by atoms with Crippen LogP contribution in [0, 0.1) is 11.7 Å². The molecule has 1 aromatic carbocycles. The zero-order valence-corrected chi connectivity index (χ0v) is 16.8. The second-order valence-electron chi connectivity index (χ2n) is 7.48. The number of ether oxygens (including phenoxy) is 1. The standard InChI is InChI=1S/C19H15ClF5N5O2/c20-14-7-27-12(6-28-14)15(31)29-8-1-2-11(21)9(3-8)19(16(22)23)10-4-18(24,25)5-13(10)32-17(26)30-19/h1-3,6-7,10,13,16H,4-5H2,(H2,26,30)(H,29,31)/t10?,13-,19?/m0/s1. The van der Waals surface area contributed by atoms with Crippen LogP contribution in [0.4, 0.5) is 27.6 Å². The van der Waals surface area contributed by atoms with Crippen molar-refractivity contribution in [2.24, 2.45) is 16.6 Å². The molecule has 1 saturated carbocycles. The topological polar surface area (TPSA) is 102 Å². The predicted molar refractivity (Wildman–Crippen MR) is 103 cm³/mol. The zero-order chi connectivity index (χ0) is 23.3. The lowest BCUT2D eigenvalue weighted by Crippen LogP contribution is -2.51. The minimum absolute atomic E-state index is 0.0439. The Morgan fingerprint density at radius 3 is 2.66 bits per heavy atom. The van der Waals surface area contributed by atoms with Gasteiger partial charge >= 0.3 is 0 Å². The Labute approximate surface area is 182 Å². The minimum Gasteiger partial charge on any atom is -0.461 e. The Balaban J connectivity index is 1.76. The number of alkyl halides is 4. The van der Waals surface area contributed by atoms with Gasteiger partial charge in [0.1, 0.15) is 22.8 Å². The number of amides is 1. The average Bonchev–Trinajstić information content (AvgIpc) is 3.03. The van der Waals surface area contributed by atoms with Crippen LogP contribution in [-0.4, -0.2) is 40.3 Å². The predicted octanol–water partition coefficient (Wildman–Crippen LogP) is 3.74. The second-order valence-corrected chi connectivity index (χ2v) is 7.86. The molecule has 0 spiro atoms. The number of nitrogens with zero attached hydrogens (tertiary/aromatic N) is 3. The van der Waals surface area contributed by atoms with E-state index in [2.05, 4.69) is 20.3 Å². The molecule has 13 heteroatoms. The number of hydrogen-bond donors (Lipinski definition) is 2. The molecule has 2 aromatic rings. The van der Waals surface area contributed by atoms with Gasteiger partial charge in [-0.3, -0.25) is 4.79 Å². The maximum absolute atomic E-state index is 14.8. The third kappa shape index (κ3) is 3.83. The zero-order valence-electron chi connectivity index (χ0n) is 16.0. The monoisotopic (exact) mass is 475 g/mol. The maximum Gasteiger partial charge on any atom is 0.283 e. The van der Waals surface area contributed by atoms with Crippen LogP contribution in [0.1, 0.15) is 28.9 Å². The molecular weight excluding hydrogens is 461 g/mol. The SMILES string of the molecule is NC1=NC(c2cc(NC(=O)c3cnc(Cl)cn3)ccc2F)(C(F)F)C2CC(F)(F)C[C@@H]2O1. The van der Waals surface area contributed by atoms with E-state index in [1.165, 1.54) is 0 Å². The number of hydrogen-bond acceptors (Lipinski definition) is 6. The van der Waals surface area contributed by atoms with Crippen LogP contribution in [0.15, 0.2) is 35.6 Å². The van der Waals surface area contributed by atoms with Crippen LogP contribution in [-0.2, 0) is 10.3 Å². The fourth-order valence-corrected chi connectivity index (χ4v) is 4.20. The molecule has 3 N–H and O–H groups in total. The van der Waals surface area contributed by atoms with Crippen molar-refractivity contribution in [2.75, 3.05) is 5.32 Å². The molecule has 2 heterocycles. The molecule has 1 aromatic heterocycles. The molecule has 1 fully saturated rings. The number of halogens is 6. The Kier molecular flexibility index (Phi) is 5.43. The molecule has 1 aliphatic heterocycles. The van der Waals surface area contributed by atoms with Crippen LogP contribution in [0.2, 0.25) is 5.15 Å². The lowest BCUT2D eigenvalue weighted by atomic mass is 9.75. The summed E-state index contributed by atoms with van der Waals surface area (Å²) in [6.07, 6.45) is -4.41.